The number of nitrogens with zero attached hydrogens (tertiary/aromatic N) is 2. The van der Waals surface area contributed by atoms with Crippen molar-refractivity contribution < 1.29 is 19.1 Å². The van der Waals surface area contributed by atoms with Crippen molar-refractivity contribution in [2.24, 2.45) is 5.92 Å². The summed E-state index contributed by atoms with van der Waals surface area (Å²) in [4.78, 5) is 27.8. The minimum absolute atomic E-state index is 0.208. The van der Waals surface area contributed by atoms with Crippen molar-refractivity contribution in [3.8, 4) is 0 Å². The van der Waals surface area contributed by atoms with Gasteiger partial charge in [-0.25, -0.2) is 9.59 Å². The molecular weight excluding hydrogens is 382 g/mol. The van der Waals surface area contributed by atoms with Gasteiger partial charge in [0, 0.05) is 39.3 Å². The second-order valence-electron chi connectivity index (χ2n) is 9.22. The lowest BCUT2D eigenvalue weighted by molar-refractivity contribution is 0.0184. The van der Waals surface area contributed by atoms with Crippen LogP contribution in [0.3, 0.4) is 0 Å². The molecule has 30 heavy (non-hydrogen) atoms. The van der Waals surface area contributed by atoms with Crippen LogP contribution in [0.2, 0.25) is 0 Å². The van der Waals surface area contributed by atoms with Crippen molar-refractivity contribution in [2.45, 2.75) is 52.2 Å². The minimum atomic E-state index is -0.449. The molecule has 7 nitrogen and oxygen atoms in total. The van der Waals surface area contributed by atoms with Gasteiger partial charge in [0.25, 0.3) is 0 Å². The Bertz CT molecular complexity index is 700. The normalized spacial score (nSPS) is 18.2. The number of hydrogen-bond acceptors (Lipinski definition) is 5. The molecule has 0 spiro atoms. The van der Waals surface area contributed by atoms with Crippen LogP contribution in [0.1, 0.15) is 44.7 Å². The number of hydrogen-bond donors (Lipinski definition) is 1. The van der Waals surface area contributed by atoms with Crippen molar-refractivity contribution in [1.29, 1.82) is 0 Å². The first-order valence-corrected chi connectivity index (χ1v) is 11.0. The molecule has 2 aliphatic rings. The van der Waals surface area contributed by atoms with Crippen LogP contribution in [0.25, 0.3) is 0 Å². The third-order valence-corrected chi connectivity index (χ3v) is 5.55. The lowest BCUT2D eigenvalue weighted by atomic mass is 9.90. The van der Waals surface area contributed by atoms with E-state index in [1.807, 2.05) is 37.8 Å². The molecule has 0 radical (unpaired) electrons. The number of nitrogens with one attached hydrogen (secondary N) is 1. The summed E-state index contributed by atoms with van der Waals surface area (Å²) in [6, 6.07) is 8.31. The quantitative estimate of drug-likeness (QED) is 0.813. The molecule has 0 saturated carbocycles. The Kier molecular flexibility index (Phi) is 7.58. The maximum Gasteiger partial charge on any atom is 0.410 e. The van der Waals surface area contributed by atoms with Crippen LogP contribution in [0, 0.1) is 5.92 Å². The predicted octanol–water partition coefficient (Wildman–Crippen LogP) is 3.42. The summed E-state index contributed by atoms with van der Waals surface area (Å²) in [6.45, 7) is 10.5. The Morgan fingerprint density at radius 1 is 0.933 bits per heavy atom. The molecule has 1 aromatic rings. The van der Waals surface area contributed by atoms with E-state index in [0.29, 0.717) is 25.6 Å². The van der Waals surface area contributed by atoms with Gasteiger partial charge in [-0.15, -0.1) is 0 Å². The number of carbonyl (C=O) groups excluding carboxylic acids is 2. The first-order chi connectivity index (χ1) is 14.3. The average Bonchev–Trinajstić information content (AvgIpc) is 2.73. The zero-order chi connectivity index (χ0) is 21.6. The SMILES string of the molecule is CC(C)(C)OC(=O)N1CCC(Cc2ccc(COC(=O)N3CCNCC3)cc2)CC1. The first-order valence-electron chi connectivity index (χ1n) is 11.0. The summed E-state index contributed by atoms with van der Waals surface area (Å²) < 4.78 is 10.9. The largest absolute Gasteiger partial charge is 0.445 e. The van der Waals surface area contributed by atoms with Crippen LogP contribution in [-0.2, 0) is 22.5 Å². The van der Waals surface area contributed by atoms with Crippen LogP contribution in [0.15, 0.2) is 24.3 Å². The van der Waals surface area contributed by atoms with Crippen LogP contribution in [0.4, 0.5) is 9.59 Å². The molecule has 3 rings (SSSR count). The van der Waals surface area contributed by atoms with Gasteiger partial charge in [0.15, 0.2) is 0 Å². The number of piperidine rings is 1. The number of likely N-dealkylation sites (tertiary alicyclic amines) is 1. The van der Waals surface area contributed by atoms with Crippen LogP contribution in [-0.4, -0.2) is 66.9 Å². The molecule has 2 saturated heterocycles. The molecular formula is C23H35N3O4. The molecule has 2 amide bonds. The van der Waals surface area contributed by atoms with E-state index in [4.69, 9.17) is 9.47 Å². The number of carbonyl (C=O) groups is 2. The highest BCUT2D eigenvalue weighted by Crippen LogP contribution is 2.23. The first kappa shape index (κ1) is 22.4. The van der Waals surface area contributed by atoms with Crippen LogP contribution >= 0.6 is 0 Å². The summed E-state index contributed by atoms with van der Waals surface area (Å²) in [5.41, 5.74) is 1.83. The molecule has 2 aliphatic heterocycles. The van der Waals surface area contributed by atoms with E-state index < -0.39 is 5.60 Å². The van der Waals surface area contributed by atoms with E-state index >= 15 is 0 Å². The highest BCUT2D eigenvalue weighted by atomic mass is 16.6. The molecule has 1 N–H and O–H groups in total. The van der Waals surface area contributed by atoms with Gasteiger partial charge in [-0.1, -0.05) is 24.3 Å². The number of rotatable bonds is 4. The Balaban J connectivity index is 1.39. The predicted molar refractivity (Wildman–Crippen MR) is 115 cm³/mol. The van der Waals surface area contributed by atoms with Gasteiger partial charge in [-0.3, -0.25) is 0 Å². The highest BCUT2D eigenvalue weighted by molar-refractivity contribution is 5.68. The summed E-state index contributed by atoms with van der Waals surface area (Å²) >= 11 is 0. The van der Waals surface area contributed by atoms with Crippen LogP contribution in [0.5, 0.6) is 0 Å². The monoisotopic (exact) mass is 417 g/mol. The van der Waals surface area contributed by atoms with Crippen molar-refractivity contribution in [3.05, 3.63) is 35.4 Å². The third kappa shape index (κ3) is 6.90. The van der Waals surface area contributed by atoms with Crippen molar-refractivity contribution in [1.82, 2.24) is 15.1 Å². The second kappa shape index (κ2) is 10.2. The molecule has 7 heteroatoms. The summed E-state index contributed by atoms with van der Waals surface area (Å²) in [6.07, 6.45) is 2.54. The van der Waals surface area contributed by atoms with Crippen molar-refractivity contribution in [2.75, 3.05) is 39.3 Å². The van der Waals surface area contributed by atoms with Crippen molar-refractivity contribution in [3.63, 3.8) is 0 Å². The standard InChI is InChI=1S/C23H35N3O4/c1-23(2,3)30-22(28)25-12-8-19(9-13-25)16-18-4-6-20(7-5-18)17-29-21(27)26-14-10-24-11-15-26/h4-7,19,24H,8-17H2,1-3H3. The Hall–Kier alpha value is -2.28. The highest BCUT2D eigenvalue weighted by Gasteiger charge is 2.27. The van der Waals surface area contributed by atoms with Gasteiger partial charge in [0.2, 0.25) is 0 Å². The number of benzene rings is 1. The summed E-state index contributed by atoms with van der Waals surface area (Å²) in [5, 5.41) is 3.22. The molecule has 0 aliphatic carbocycles. The molecule has 0 aromatic heterocycles. The Labute approximate surface area is 179 Å². The third-order valence-electron chi connectivity index (χ3n) is 5.55. The maximum atomic E-state index is 12.2. The van der Waals surface area contributed by atoms with Gasteiger partial charge >= 0.3 is 12.2 Å². The Morgan fingerprint density at radius 3 is 2.10 bits per heavy atom. The lowest BCUT2D eigenvalue weighted by Gasteiger charge is -2.33. The number of amides is 2. The van der Waals surface area contributed by atoms with E-state index in [1.165, 1.54) is 5.56 Å². The Morgan fingerprint density at radius 2 is 1.50 bits per heavy atom. The van der Waals surface area contributed by atoms with Crippen LogP contribution < -0.4 is 5.32 Å². The topological polar surface area (TPSA) is 71.1 Å². The summed E-state index contributed by atoms with van der Waals surface area (Å²) in [5.74, 6) is 0.570. The van der Waals surface area contributed by atoms with Gasteiger partial charge in [-0.05, 0) is 57.1 Å². The van der Waals surface area contributed by atoms with E-state index in [9.17, 15) is 9.59 Å². The molecule has 0 unspecified atom stereocenters. The number of piperazine rings is 1. The molecule has 2 fully saturated rings. The van der Waals surface area contributed by atoms with Gasteiger partial charge in [-0.2, -0.15) is 0 Å². The molecule has 0 atom stereocenters. The lowest BCUT2D eigenvalue weighted by Crippen LogP contribution is -2.46. The fourth-order valence-electron chi connectivity index (χ4n) is 3.83. The molecule has 0 bridgehead atoms. The van der Waals surface area contributed by atoms with E-state index in [0.717, 1.165) is 51.0 Å². The zero-order valence-electron chi connectivity index (χ0n) is 18.5. The van der Waals surface area contributed by atoms with E-state index in [2.05, 4.69) is 17.4 Å². The smallest absolute Gasteiger partial charge is 0.410 e. The summed E-state index contributed by atoms with van der Waals surface area (Å²) in [7, 11) is 0. The average molecular weight is 418 g/mol. The second-order valence-corrected chi connectivity index (χ2v) is 9.22. The maximum absolute atomic E-state index is 12.2. The van der Waals surface area contributed by atoms with Gasteiger partial charge in [0.05, 0.1) is 0 Å². The molecule has 2 heterocycles. The van der Waals surface area contributed by atoms with E-state index in [-0.39, 0.29) is 12.2 Å². The minimum Gasteiger partial charge on any atom is -0.445 e. The molecule has 166 valence electrons. The zero-order valence-corrected chi connectivity index (χ0v) is 18.5. The fourth-order valence-corrected chi connectivity index (χ4v) is 3.83. The fraction of sp³-hybridized carbons (Fsp3) is 0.652. The van der Waals surface area contributed by atoms with E-state index in [1.54, 1.807) is 4.90 Å². The van der Waals surface area contributed by atoms with Crippen molar-refractivity contribution >= 4 is 12.2 Å². The van der Waals surface area contributed by atoms with Gasteiger partial charge < -0.3 is 24.6 Å². The van der Waals surface area contributed by atoms with Gasteiger partial charge in [0.1, 0.15) is 12.2 Å². The number of ether oxygens (including phenoxy) is 2. The molecule has 1 aromatic carbocycles.